The molecule has 30 heavy (non-hydrogen) atoms. The summed E-state index contributed by atoms with van der Waals surface area (Å²) >= 11 is 0. The number of allylic oxidation sites excluding steroid dienone is 1. The SMILES string of the molecule is C=C(CC[C@@H](CC)C(C)C)[C@H]1CC[C@H]2[C@@H]3CCC4CC(=O)CC[C@]4(C)[C@H]3CC[C@]12C. The maximum atomic E-state index is 12.1. The van der Waals surface area contributed by atoms with E-state index < -0.39 is 0 Å². The van der Waals surface area contributed by atoms with Gasteiger partial charge in [0, 0.05) is 12.8 Å². The largest absolute Gasteiger partial charge is 0.300 e. The predicted molar refractivity (Wildman–Crippen MR) is 127 cm³/mol. The summed E-state index contributed by atoms with van der Waals surface area (Å²) in [7, 11) is 0. The van der Waals surface area contributed by atoms with Crippen LogP contribution in [0.25, 0.3) is 0 Å². The van der Waals surface area contributed by atoms with Gasteiger partial charge in [-0.15, -0.1) is 0 Å². The van der Waals surface area contributed by atoms with Gasteiger partial charge in [-0.25, -0.2) is 0 Å². The summed E-state index contributed by atoms with van der Waals surface area (Å²) < 4.78 is 0. The van der Waals surface area contributed by atoms with Crippen molar-refractivity contribution in [2.24, 2.45) is 52.3 Å². The van der Waals surface area contributed by atoms with Gasteiger partial charge in [0.2, 0.25) is 0 Å². The van der Waals surface area contributed by atoms with Crippen LogP contribution in [0.2, 0.25) is 0 Å². The number of Topliss-reactive ketones (excluding diaryl/α,β-unsaturated/α-hetero) is 1. The fourth-order valence-electron chi connectivity index (χ4n) is 9.27. The normalized spacial score (nSPS) is 44.3. The van der Waals surface area contributed by atoms with Crippen molar-refractivity contribution in [2.45, 2.75) is 112 Å². The van der Waals surface area contributed by atoms with Gasteiger partial charge in [0.1, 0.15) is 5.78 Å². The van der Waals surface area contributed by atoms with Crippen LogP contribution in [-0.4, -0.2) is 5.78 Å². The van der Waals surface area contributed by atoms with Crippen molar-refractivity contribution < 1.29 is 4.79 Å². The fourth-order valence-corrected chi connectivity index (χ4v) is 9.27. The highest BCUT2D eigenvalue weighted by atomic mass is 16.1. The quantitative estimate of drug-likeness (QED) is 0.401. The van der Waals surface area contributed by atoms with Crippen LogP contribution in [0.1, 0.15) is 112 Å². The minimum absolute atomic E-state index is 0.443. The van der Waals surface area contributed by atoms with E-state index in [0.29, 0.717) is 22.5 Å². The average Bonchev–Trinajstić information content (AvgIpc) is 3.06. The smallest absolute Gasteiger partial charge is 0.133 e. The van der Waals surface area contributed by atoms with Crippen molar-refractivity contribution in [1.82, 2.24) is 0 Å². The summed E-state index contributed by atoms with van der Waals surface area (Å²) in [6.45, 7) is 17.1. The van der Waals surface area contributed by atoms with Gasteiger partial charge < -0.3 is 0 Å². The van der Waals surface area contributed by atoms with E-state index in [9.17, 15) is 4.79 Å². The molecule has 4 aliphatic rings. The second kappa shape index (κ2) is 8.40. The fraction of sp³-hybridized carbons (Fsp3) is 0.897. The van der Waals surface area contributed by atoms with Crippen LogP contribution in [-0.2, 0) is 4.79 Å². The molecular weight excluding hydrogens is 364 g/mol. The topological polar surface area (TPSA) is 17.1 Å². The van der Waals surface area contributed by atoms with Gasteiger partial charge in [0.15, 0.2) is 0 Å². The highest BCUT2D eigenvalue weighted by molar-refractivity contribution is 5.79. The van der Waals surface area contributed by atoms with Crippen LogP contribution < -0.4 is 0 Å². The molecule has 4 fully saturated rings. The zero-order chi connectivity index (χ0) is 21.7. The number of carbonyl (C=O) groups is 1. The van der Waals surface area contributed by atoms with E-state index in [1.54, 1.807) is 5.57 Å². The van der Waals surface area contributed by atoms with Crippen LogP contribution in [0.4, 0.5) is 0 Å². The Bertz CT molecular complexity index is 661. The van der Waals surface area contributed by atoms with Crippen LogP contribution in [0.15, 0.2) is 12.2 Å². The first kappa shape index (κ1) is 22.6. The molecule has 4 aliphatic carbocycles. The second-order valence-corrected chi connectivity index (χ2v) is 12.7. The molecule has 0 aliphatic heterocycles. The van der Waals surface area contributed by atoms with E-state index >= 15 is 0 Å². The first-order chi connectivity index (χ1) is 14.2. The van der Waals surface area contributed by atoms with Gasteiger partial charge in [-0.2, -0.15) is 0 Å². The maximum Gasteiger partial charge on any atom is 0.133 e. The van der Waals surface area contributed by atoms with Crippen molar-refractivity contribution in [1.29, 1.82) is 0 Å². The number of fused-ring (bicyclic) bond motifs is 5. The number of rotatable bonds is 6. The number of carbonyl (C=O) groups excluding carboxylic acids is 1. The third-order valence-corrected chi connectivity index (χ3v) is 11.3. The van der Waals surface area contributed by atoms with Crippen LogP contribution in [0.5, 0.6) is 0 Å². The summed E-state index contributed by atoms with van der Waals surface area (Å²) in [6.07, 6.45) is 15.1. The van der Waals surface area contributed by atoms with Gasteiger partial charge in [0.05, 0.1) is 0 Å². The molecule has 0 spiro atoms. The van der Waals surface area contributed by atoms with Gasteiger partial charge in [0.25, 0.3) is 0 Å². The van der Waals surface area contributed by atoms with Crippen LogP contribution in [0, 0.1) is 52.3 Å². The number of hydrogen-bond donors (Lipinski definition) is 0. The molecule has 0 amide bonds. The van der Waals surface area contributed by atoms with Crippen molar-refractivity contribution >= 4 is 5.78 Å². The van der Waals surface area contributed by atoms with E-state index in [1.807, 2.05) is 0 Å². The Balaban J connectivity index is 1.46. The Kier molecular flexibility index (Phi) is 6.33. The van der Waals surface area contributed by atoms with Crippen molar-refractivity contribution in [2.75, 3.05) is 0 Å². The van der Waals surface area contributed by atoms with Gasteiger partial charge in [-0.3, -0.25) is 4.79 Å². The van der Waals surface area contributed by atoms with Crippen LogP contribution in [0.3, 0.4) is 0 Å². The Hall–Kier alpha value is -0.590. The molecule has 0 aromatic heterocycles. The van der Waals surface area contributed by atoms with E-state index in [0.717, 1.165) is 48.3 Å². The summed E-state index contributed by atoms with van der Waals surface area (Å²) in [5, 5.41) is 0. The minimum Gasteiger partial charge on any atom is -0.300 e. The zero-order valence-corrected chi connectivity index (χ0v) is 20.6. The molecule has 1 nitrogen and oxygen atoms in total. The summed E-state index contributed by atoms with van der Waals surface area (Å²) in [5.41, 5.74) is 2.52. The van der Waals surface area contributed by atoms with Crippen molar-refractivity contribution in [3.63, 3.8) is 0 Å². The molecule has 170 valence electrons. The van der Waals surface area contributed by atoms with E-state index in [4.69, 9.17) is 6.58 Å². The van der Waals surface area contributed by atoms with Gasteiger partial charge >= 0.3 is 0 Å². The highest BCUT2D eigenvalue weighted by Crippen LogP contribution is 2.68. The Morgan fingerprint density at radius 1 is 1.03 bits per heavy atom. The first-order valence-electron chi connectivity index (χ1n) is 13.4. The molecule has 0 heterocycles. The molecular formula is C29H48O. The molecule has 0 saturated heterocycles. The third-order valence-electron chi connectivity index (χ3n) is 11.3. The van der Waals surface area contributed by atoms with Gasteiger partial charge in [-0.05, 0) is 110 Å². The van der Waals surface area contributed by atoms with E-state index in [1.165, 1.54) is 64.2 Å². The van der Waals surface area contributed by atoms with Crippen LogP contribution >= 0.6 is 0 Å². The number of hydrogen-bond acceptors (Lipinski definition) is 1. The third kappa shape index (κ3) is 3.65. The molecule has 0 radical (unpaired) electrons. The highest BCUT2D eigenvalue weighted by Gasteiger charge is 2.60. The Labute approximate surface area is 186 Å². The lowest BCUT2D eigenvalue weighted by atomic mass is 9.44. The second-order valence-electron chi connectivity index (χ2n) is 12.7. The Morgan fingerprint density at radius 2 is 1.77 bits per heavy atom. The lowest BCUT2D eigenvalue weighted by molar-refractivity contribution is -0.139. The van der Waals surface area contributed by atoms with Crippen molar-refractivity contribution in [3.8, 4) is 0 Å². The predicted octanol–water partition coefficient (Wildman–Crippen LogP) is 8.23. The molecule has 0 aromatic carbocycles. The molecule has 0 bridgehead atoms. The standard InChI is InChI=1S/C29H48O/c1-7-21(19(2)3)9-8-20(4)25-12-13-26-24-11-10-22-18-23(30)14-16-28(22,5)27(24)15-17-29(25,26)6/h19,21-22,24-27H,4,7-18H2,1-3,5-6H3/t21-,22?,24+,25-,26+,27+,28+,29-/m1/s1. The monoisotopic (exact) mass is 412 g/mol. The minimum atomic E-state index is 0.443. The molecule has 8 atom stereocenters. The molecule has 1 heteroatoms. The molecule has 1 unspecified atom stereocenters. The van der Waals surface area contributed by atoms with E-state index in [2.05, 4.69) is 34.6 Å². The lowest BCUT2D eigenvalue weighted by Crippen LogP contribution is -2.53. The zero-order valence-electron chi connectivity index (χ0n) is 20.6. The lowest BCUT2D eigenvalue weighted by Gasteiger charge is -2.60. The summed E-state index contributed by atoms with van der Waals surface area (Å²) in [6, 6.07) is 0. The Morgan fingerprint density at radius 3 is 2.47 bits per heavy atom. The maximum absolute atomic E-state index is 12.1. The molecule has 4 saturated carbocycles. The van der Waals surface area contributed by atoms with Crippen molar-refractivity contribution in [3.05, 3.63) is 12.2 Å². The number of ketones is 1. The summed E-state index contributed by atoms with van der Waals surface area (Å²) in [4.78, 5) is 12.1. The van der Waals surface area contributed by atoms with Gasteiger partial charge in [-0.1, -0.05) is 53.2 Å². The molecule has 0 aromatic rings. The average molecular weight is 413 g/mol. The molecule has 0 N–H and O–H groups in total. The molecule has 4 rings (SSSR count). The first-order valence-corrected chi connectivity index (χ1v) is 13.4. The summed E-state index contributed by atoms with van der Waals surface area (Å²) in [5.74, 6) is 6.32. The van der Waals surface area contributed by atoms with E-state index in [-0.39, 0.29) is 0 Å².